The molecule has 1 unspecified atom stereocenters. The molecular formula is C24H29N3O7. The molecule has 5 amide bonds. The first-order valence-corrected chi connectivity index (χ1v) is 11.3. The fourth-order valence-corrected chi connectivity index (χ4v) is 3.96. The maximum absolute atomic E-state index is 13.0. The summed E-state index contributed by atoms with van der Waals surface area (Å²) in [4.78, 5) is 74.5. The van der Waals surface area contributed by atoms with Gasteiger partial charge in [-0.25, -0.2) is 0 Å². The molecule has 0 spiro atoms. The highest BCUT2D eigenvalue weighted by atomic mass is 16.6. The van der Waals surface area contributed by atoms with Crippen LogP contribution in [0.25, 0.3) is 0 Å². The van der Waals surface area contributed by atoms with E-state index < -0.39 is 35.3 Å². The number of benzene rings is 1. The van der Waals surface area contributed by atoms with Crippen LogP contribution in [0.1, 0.15) is 86.4 Å². The topological polar surface area (TPSA) is 139 Å². The molecule has 10 heteroatoms. The summed E-state index contributed by atoms with van der Waals surface area (Å²) >= 11 is 0. The van der Waals surface area contributed by atoms with Crippen molar-refractivity contribution in [2.24, 2.45) is 0 Å². The summed E-state index contributed by atoms with van der Waals surface area (Å²) in [6.07, 6.45) is 2.33. The number of carbonyl (C=O) groups is 6. The van der Waals surface area contributed by atoms with Crippen LogP contribution in [-0.4, -0.2) is 52.0 Å². The molecule has 0 aromatic heterocycles. The molecule has 1 fully saturated rings. The van der Waals surface area contributed by atoms with Gasteiger partial charge in [0.2, 0.25) is 17.7 Å². The second kappa shape index (κ2) is 10.1. The van der Waals surface area contributed by atoms with Gasteiger partial charge >= 0.3 is 5.97 Å². The Morgan fingerprint density at radius 3 is 2.44 bits per heavy atom. The van der Waals surface area contributed by atoms with E-state index in [9.17, 15) is 28.8 Å². The van der Waals surface area contributed by atoms with E-state index in [4.69, 9.17) is 4.74 Å². The zero-order chi connectivity index (χ0) is 25.0. The summed E-state index contributed by atoms with van der Waals surface area (Å²) in [7, 11) is 0. The number of esters is 1. The van der Waals surface area contributed by atoms with Crippen molar-refractivity contribution in [2.75, 3.05) is 5.32 Å². The minimum Gasteiger partial charge on any atom is -0.460 e. The number of unbranched alkanes of at least 4 members (excludes halogenated alkanes) is 2. The van der Waals surface area contributed by atoms with E-state index in [1.165, 1.54) is 12.1 Å². The Morgan fingerprint density at radius 2 is 1.76 bits per heavy atom. The van der Waals surface area contributed by atoms with Gasteiger partial charge in [-0.2, -0.15) is 0 Å². The highest BCUT2D eigenvalue weighted by Gasteiger charge is 2.45. The molecule has 2 aliphatic rings. The average molecular weight is 472 g/mol. The van der Waals surface area contributed by atoms with Crippen molar-refractivity contribution in [2.45, 2.75) is 77.4 Å². The van der Waals surface area contributed by atoms with Crippen LogP contribution in [0.2, 0.25) is 0 Å². The monoisotopic (exact) mass is 471 g/mol. The summed E-state index contributed by atoms with van der Waals surface area (Å²) < 4.78 is 5.25. The average Bonchev–Trinajstić information content (AvgIpc) is 2.98. The number of hydrogen-bond acceptors (Lipinski definition) is 7. The zero-order valence-electron chi connectivity index (χ0n) is 19.6. The van der Waals surface area contributed by atoms with E-state index in [-0.39, 0.29) is 54.4 Å². The summed E-state index contributed by atoms with van der Waals surface area (Å²) in [5.74, 6) is -3.05. The van der Waals surface area contributed by atoms with Gasteiger partial charge in [0.05, 0.1) is 16.8 Å². The van der Waals surface area contributed by atoms with Gasteiger partial charge in [-0.1, -0.05) is 12.5 Å². The standard InChI is InChI=1S/C24H29N3O7/c1-24(2,3)34-19(30)11-6-4-5-10-17(28)25-15-9-7-8-14-20(15)23(33)27(22(14)32)16-12-13-18(29)26-21(16)31/h7-9,16H,4-6,10-13H2,1-3H3,(H,25,28)(H,26,29,31). The number of imide groups is 2. The molecule has 1 saturated heterocycles. The largest absolute Gasteiger partial charge is 0.460 e. The molecule has 0 aliphatic carbocycles. The normalized spacial score (nSPS) is 18.0. The smallest absolute Gasteiger partial charge is 0.306 e. The van der Waals surface area contributed by atoms with Crippen molar-refractivity contribution < 1.29 is 33.5 Å². The fourth-order valence-electron chi connectivity index (χ4n) is 3.96. The van der Waals surface area contributed by atoms with E-state index in [0.717, 1.165) is 4.90 Å². The van der Waals surface area contributed by atoms with Crippen molar-refractivity contribution in [3.8, 4) is 0 Å². The SMILES string of the molecule is CC(C)(C)OC(=O)CCCCCC(=O)Nc1cccc2c1C(=O)N(C1CCC(=O)NC1=O)C2=O. The quantitative estimate of drug-likeness (QED) is 0.337. The number of nitrogens with zero attached hydrogens (tertiary/aromatic N) is 1. The Bertz CT molecular complexity index is 1040. The van der Waals surface area contributed by atoms with Gasteiger partial charge in [0.1, 0.15) is 11.6 Å². The number of hydrogen-bond donors (Lipinski definition) is 2. The lowest BCUT2D eigenvalue weighted by molar-refractivity contribution is -0.155. The molecule has 0 saturated carbocycles. The molecule has 2 N–H and O–H groups in total. The van der Waals surface area contributed by atoms with Crippen LogP contribution in [0.4, 0.5) is 5.69 Å². The van der Waals surface area contributed by atoms with E-state index in [2.05, 4.69) is 10.6 Å². The van der Waals surface area contributed by atoms with Gasteiger partial charge in [-0.15, -0.1) is 0 Å². The molecule has 2 aliphatic heterocycles. The van der Waals surface area contributed by atoms with Crippen molar-refractivity contribution in [3.05, 3.63) is 29.3 Å². The van der Waals surface area contributed by atoms with E-state index in [1.54, 1.807) is 26.8 Å². The van der Waals surface area contributed by atoms with Crippen molar-refractivity contribution >= 4 is 41.2 Å². The van der Waals surface area contributed by atoms with Gasteiger partial charge in [-0.05, 0) is 52.2 Å². The number of anilines is 1. The molecule has 1 atom stereocenters. The van der Waals surface area contributed by atoms with Crippen LogP contribution >= 0.6 is 0 Å². The number of amides is 5. The molecule has 0 bridgehead atoms. The van der Waals surface area contributed by atoms with E-state index in [1.807, 2.05) is 0 Å². The lowest BCUT2D eigenvalue weighted by Crippen LogP contribution is -2.54. The van der Waals surface area contributed by atoms with Crippen molar-refractivity contribution in [1.82, 2.24) is 10.2 Å². The number of fused-ring (bicyclic) bond motifs is 1. The van der Waals surface area contributed by atoms with Crippen LogP contribution < -0.4 is 10.6 Å². The Morgan fingerprint density at radius 1 is 1.06 bits per heavy atom. The van der Waals surface area contributed by atoms with Gasteiger partial charge in [0.15, 0.2) is 0 Å². The molecular weight excluding hydrogens is 442 g/mol. The van der Waals surface area contributed by atoms with Gasteiger partial charge in [0, 0.05) is 19.3 Å². The van der Waals surface area contributed by atoms with E-state index >= 15 is 0 Å². The van der Waals surface area contributed by atoms with Gasteiger partial charge in [-0.3, -0.25) is 39.0 Å². The molecule has 2 heterocycles. The summed E-state index contributed by atoms with van der Waals surface area (Å²) in [6.45, 7) is 5.41. The van der Waals surface area contributed by atoms with Crippen molar-refractivity contribution in [1.29, 1.82) is 0 Å². The molecule has 34 heavy (non-hydrogen) atoms. The second-order valence-corrected chi connectivity index (χ2v) is 9.37. The number of piperidine rings is 1. The molecule has 0 radical (unpaired) electrons. The predicted octanol–water partition coefficient (Wildman–Crippen LogP) is 2.32. The molecule has 1 aromatic rings. The first kappa shape index (κ1) is 25.1. The third kappa shape index (κ3) is 5.86. The number of nitrogens with one attached hydrogen (secondary N) is 2. The second-order valence-electron chi connectivity index (χ2n) is 9.37. The molecule has 182 valence electrons. The minimum absolute atomic E-state index is 0.0291. The lowest BCUT2D eigenvalue weighted by atomic mass is 10.0. The van der Waals surface area contributed by atoms with Crippen LogP contribution in [-0.2, 0) is 23.9 Å². The minimum atomic E-state index is -1.07. The summed E-state index contributed by atoms with van der Waals surface area (Å²) in [5, 5.41) is 4.83. The number of rotatable bonds is 8. The van der Waals surface area contributed by atoms with Gasteiger partial charge < -0.3 is 10.1 Å². The third-order valence-corrected chi connectivity index (χ3v) is 5.45. The lowest BCUT2D eigenvalue weighted by Gasteiger charge is -2.27. The molecule has 1 aromatic carbocycles. The highest BCUT2D eigenvalue weighted by molar-refractivity contribution is 6.26. The Labute approximate surface area is 197 Å². The molecule has 10 nitrogen and oxygen atoms in total. The summed E-state index contributed by atoms with van der Waals surface area (Å²) in [5.41, 5.74) is -0.191. The first-order chi connectivity index (χ1) is 16.0. The van der Waals surface area contributed by atoms with Crippen LogP contribution in [0.5, 0.6) is 0 Å². The fraction of sp³-hybridized carbons (Fsp3) is 0.500. The Hall–Kier alpha value is -3.56. The number of ether oxygens (including phenoxy) is 1. The highest BCUT2D eigenvalue weighted by Crippen LogP contribution is 2.32. The molecule has 3 rings (SSSR count). The Kier molecular flexibility index (Phi) is 7.48. The maximum Gasteiger partial charge on any atom is 0.306 e. The Balaban J connectivity index is 1.56. The predicted molar refractivity (Wildman–Crippen MR) is 121 cm³/mol. The first-order valence-electron chi connectivity index (χ1n) is 11.3. The van der Waals surface area contributed by atoms with Crippen molar-refractivity contribution in [3.63, 3.8) is 0 Å². The van der Waals surface area contributed by atoms with E-state index in [0.29, 0.717) is 19.3 Å². The number of carbonyl (C=O) groups excluding carboxylic acids is 6. The van der Waals surface area contributed by atoms with Gasteiger partial charge in [0.25, 0.3) is 11.8 Å². The maximum atomic E-state index is 13.0. The van der Waals surface area contributed by atoms with Crippen LogP contribution in [0.15, 0.2) is 18.2 Å². The zero-order valence-corrected chi connectivity index (χ0v) is 19.6. The summed E-state index contributed by atoms with van der Waals surface area (Å²) in [6, 6.07) is 3.47. The van der Waals surface area contributed by atoms with Crippen LogP contribution in [0.3, 0.4) is 0 Å². The van der Waals surface area contributed by atoms with Crippen LogP contribution in [0, 0.1) is 0 Å². The third-order valence-electron chi connectivity index (χ3n) is 5.45.